The lowest BCUT2D eigenvalue weighted by atomic mass is 9.98. The van der Waals surface area contributed by atoms with Gasteiger partial charge in [-0.05, 0) is 59.5 Å². The van der Waals surface area contributed by atoms with E-state index in [1.54, 1.807) is 33.7 Å². The Morgan fingerprint density at radius 1 is 0.970 bits per heavy atom. The van der Waals surface area contributed by atoms with Crippen LogP contribution in [0.5, 0.6) is 11.5 Å². The topological polar surface area (TPSA) is 52.6 Å². The van der Waals surface area contributed by atoms with Crippen molar-refractivity contribution in [2.24, 2.45) is 0 Å². The average Bonchev–Trinajstić information content (AvgIpc) is 2.83. The molecule has 33 heavy (non-hydrogen) atoms. The SMILES string of the molecule is C=CCSSCCC(=O)Oc1ccc2cc([C@H](C)C(=O)Oc3cccc(CC)c3)ccc2c1. The summed E-state index contributed by atoms with van der Waals surface area (Å²) in [7, 11) is 3.30. The Hall–Kier alpha value is -2.70. The van der Waals surface area contributed by atoms with Crippen LogP contribution in [0.3, 0.4) is 0 Å². The van der Waals surface area contributed by atoms with Gasteiger partial charge in [0.15, 0.2) is 0 Å². The Labute approximate surface area is 203 Å². The Balaban J connectivity index is 1.61. The second-order valence-corrected chi connectivity index (χ2v) is 10.2. The third-order valence-electron chi connectivity index (χ3n) is 5.10. The van der Waals surface area contributed by atoms with Crippen LogP contribution < -0.4 is 9.47 Å². The molecule has 3 rings (SSSR count). The molecule has 3 aromatic carbocycles. The van der Waals surface area contributed by atoms with Crippen molar-refractivity contribution in [1.29, 1.82) is 0 Å². The van der Waals surface area contributed by atoms with E-state index in [1.165, 1.54) is 0 Å². The molecular weight excluding hydrogens is 452 g/mol. The van der Waals surface area contributed by atoms with Crippen LogP contribution in [0, 0.1) is 0 Å². The van der Waals surface area contributed by atoms with Crippen LogP contribution in [-0.4, -0.2) is 23.4 Å². The van der Waals surface area contributed by atoms with Gasteiger partial charge in [0, 0.05) is 11.5 Å². The predicted octanol–water partition coefficient (Wildman–Crippen LogP) is 6.97. The molecule has 0 fully saturated rings. The molecule has 3 aromatic rings. The molecule has 4 nitrogen and oxygen atoms in total. The number of benzene rings is 3. The molecule has 0 saturated heterocycles. The van der Waals surface area contributed by atoms with E-state index in [4.69, 9.17) is 9.47 Å². The minimum absolute atomic E-state index is 0.249. The fourth-order valence-corrected chi connectivity index (χ4v) is 4.95. The molecular formula is C27H28O4S2. The van der Waals surface area contributed by atoms with E-state index >= 15 is 0 Å². The molecule has 0 aliphatic heterocycles. The predicted molar refractivity (Wildman–Crippen MR) is 139 cm³/mol. The van der Waals surface area contributed by atoms with E-state index in [2.05, 4.69) is 13.5 Å². The van der Waals surface area contributed by atoms with Gasteiger partial charge in [-0.2, -0.15) is 0 Å². The maximum atomic E-state index is 12.7. The van der Waals surface area contributed by atoms with Gasteiger partial charge in [0.25, 0.3) is 0 Å². The first kappa shape index (κ1) is 24.9. The fourth-order valence-electron chi connectivity index (χ4n) is 3.21. The molecule has 0 N–H and O–H groups in total. The number of aryl methyl sites for hydroxylation is 1. The molecule has 0 aliphatic carbocycles. The van der Waals surface area contributed by atoms with Crippen LogP contribution in [-0.2, 0) is 16.0 Å². The Kier molecular flexibility index (Phi) is 9.46. The quantitative estimate of drug-likeness (QED) is 0.0971. The number of carbonyl (C=O) groups excluding carboxylic acids is 2. The van der Waals surface area contributed by atoms with Crippen molar-refractivity contribution in [3.8, 4) is 11.5 Å². The highest BCUT2D eigenvalue weighted by Gasteiger charge is 2.18. The molecule has 0 amide bonds. The van der Waals surface area contributed by atoms with Gasteiger partial charge < -0.3 is 9.47 Å². The summed E-state index contributed by atoms with van der Waals surface area (Å²) in [5.74, 6) is 1.69. The minimum Gasteiger partial charge on any atom is -0.426 e. The summed E-state index contributed by atoms with van der Waals surface area (Å²) in [4.78, 5) is 24.8. The second-order valence-electron chi connectivity index (χ2n) is 7.53. The number of esters is 2. The molecule has 0 spiro atoms. The van der Waals surface area contributed by atoms with Crippen LogP contribution in [0.4, 0.5) is 0 Å². The third-order valence-corrected chi connectivity index (χ3v) is 7.42. The minimum atomic E-state index is -0.409. The molecule has 0 heterocycles. The number of rotatable bonds is 11. The summed E-state index contributed by atoms with van der Waals surface area (Å²) in [6.07, 6.45) is 3.08. The molecule has 0 aromatic heterocycles. The summed E-state index contributed by atoms with van der Waals surface area (Å²) in [6, 6.07) is 18.9. The zero-order valence-electron chi connectivity index (χ0n) is 18.9. The third kappa shape index (κ3) is 7.41. The summed E-state index contributed by atoms with van der Waals surface area (Å²) in [5.41, 5.74) is 2.00. The maximum Gasteiger partial charge on any atom is 0.318 e. The monoisotopic (exact) mass is 480 g/mol. The van der Waals surface area contributed by atoms with E-state index in [-0.39, 0.29) is 11.9 Å². The molecule has 0 aliphatic rings. The number of carbonyl (C=O) groups is 2. The first-order chi connectivity index (χ1) is 16.0. The normalized spacial score (nSPS) is 11.7. The summed E-state index contributed by atoms with van der Waals surface area (Å²) in [6.45, 7) is 7.58. The van der Waals surface area contributed by atoms with Gasteiger partial charge in [-0.3, -0.25) is 9.59 Å². The zero-order valence-corrected chi connectivity index (χ0v) is 20.5. The first-order valence-corrected chi connectivity index (χ1v) is 13.4. The van der Waals surface area contributed by atoms with Crippen molar-refractivity contribution in [2.75, 3.05) is 11.5 Å². The molecule has 172 valence electrons. The lowest BCUT2D eigenvalue weighted by Crippen LogP contribution is -2.16. The van der Waals surface area contributed by atoms with E-state index in [0.29, 0.717) is 23.7 Å². The number of hydrogen-bond donors (Lipinski definition) is 0. The van der Waals surface area contributed by atoms with Crippen LogP contribution >= 0.6 is 21.6 Å². The highest BCUT2D eigenvalue weighted by Crippen LogP contribution is 2.27. The number of ether oxygens (including phenoxy) is 2. The van der Waals surface area contributed by atoms with Crippen molar-refractivity contribution in [1.82, 2.24) is 0 Å². The molecule has 1 atom stereocenters. The Morgan fingerprint density at radius 3 is 2.52 bits per heavy atom. The van der Waals surface area contributed by atoms with Crippen molar-refractivity contribution in [2.45, 2.75) is 32.6 Å². The van der Waals surface area contributed by atoms with E-state index < -0.39 is 5.92 Å². The highest BCUT2D eigenvalue weighted by atomic mass is 33.1. The first-order valence-electron chi connectivity index (χ1n) is 10.9. The average molecular weight is 481 g/mol. The Bertz CT molecular complexity index is 1130. The van der Waals surface area contributed by atoms with Gasteiger partial charge in [-0.1, -0.05) is 71.0 Å². The van der Waals surface area contributed by atoms with Gasteiger partial charge in [0.1, 0.15) is 11.5 Å². The highest BCUT2D eigenvalue weighted by molar-refractivity contribution is 8.76. The van der Waals surface area contributed by atoms with Crippen molar-refractivity contribution < 1.29 is 19.1 Å². The van der Waals surface area contributed by atoms with Crippen molar-refractivity contribution >= 4 is 44.3 Å². The van der Waals surface area contributed by atoms with Gasteiger partial charge >= 0.3 is 11.9 Å². The van der Waals surface area contributed by atoms with Gasteiger partial charge in [0.05, 0.1) is 12.3 Å². The van der Waals surface area contributed by atoms with Gasteiger partial charge in [-0.15, -0.1) is 6.58 Å². The second kappa shape index (κ2) is 12.5. The van der Waals surface area contributed by atoms with Crippen LogP contribution in [0.1, 0.15) is 37.3 Å². The van der Waals surface area contributed by atoms with E-state index in [9.17, 15) is 9.59 Å². The molecule has 0 radical (unpaired) electrons. The molecule has 6 heteroatoms. The fraction of sp³-hybridized carbons (Fsp3) is 0.259. The standard InChI is InChI=1S/C27H28O4S2/c1-4-14-32-33-15-13-26(28)30-25-12-11-22-17-21(9-10-23(22)18-25)19(3)27(29)31-24-8-6-7-20(5-2)16-24/h4,6-12,16-19H,1,5,13-15H2,2-3H3/t19-/m0/s1. The van der Waals surface area contributed by atoms with E-state index in [0.717, 1.165) is 34.1 Å². The molecule has 0 unspecified atom stereocenters. The van der Waals surface area contributed by atoms with E-state index in [1.807, 2.05) is 61.5 Å². The smallest absolute Gasteiger partial charge is 0.318 e. The van der Waals surface area contributed by atoms with Crippen LogP contribution in [0.25, 0.3) is 10.8 Å². The maximum absolute atomic E-state index is 12.7. The van der Waals surface area contributed by atoms with Crippen LogP contribution in [0.2, 0.25) is 0 Å². The zero-order chi connectivity index (χ0) is 23.6. The lowest BCUT2D eigenvalue weighted by molar-refractivity contribution is -0.136. The summed E-state index contributed by atoms with van der Waals surface area (Å²) in [5, 5.41) is 1.91. The number of hydrogen-bond acceptors (Lipinski definition) is 6. The lowest BCUT2D eigenvalue weighted by Gasteiger charge is -2.13. The molecule has 0 saturated carbocycles. The largest absolute Gasteiger partial charge is 0.426 e. The van der Waals surface area contributed by atoms with Gasteiger partial charge in [-0.25, -0.2) is 0 Å². The number of fused-ring (bicyclic) bond motifs is 1. The van der Waals surface area contributed by atoms with Crippen molar-refractivity contribution in [3.05, 3.63) is 84.4 Å². The summed E-state index contributed by atoms with van der Waals surface area (Å²) < 4.78 is 11.1. The van der Waals surface area contributed by atoms with Crippen molar-refractivity contribution in [3.63, 3.8) is 0 Å². The van der Waals surface area contributed by atoms with Crippen LogP contribution in [0.15, 0.2) is 73.3 Å². The van der Waals surface area contributed by atoms with Gasteiger partial charge in [0.2, 0.25) is 0 Å². The summed E-state index contributed by atoms with van der Waals surface area (Å²) >= 11 is 0. The Morgan fingerprint density at radius 2 is 1.73 bits per heavy atom. The molecule has 0 bridgehead atoms.